The van der Waals surface area contributed by atoms with E-state index in [1.54, 1.807) is 7.05 Å². The van der Waals surface area contributed by atoms with E-state index in [4.69, 9.17) is 0 Å². The maximum Gasteiger partial charge on any atom is 0.387 e. The second kappa shape index (κ2) is 6.67. The highest BCUT2D eigenvalue weighted by molar-refractivity contribution is 5.89. The van der Waals surface area contributed by atoms with Gasteiger partial charge in [-0.25, -0.2) is 4.39 Å². The summed E-state index contributed by atoms with van der Waals surface area (Å²) in [6.07, 6.45) is 0.0833. The molecule has 1 unspecified atom stereocenters. The van der Waals surface area contributed by atoms with Crippen molar-refractivity contribution in [3.8, 4) is 5.75 Å². The first-order valence-electron chi connectivity index (χ1n) is 6.62. The summed E-state index contributed by atoms with van der Waals surface area (Å²) in [7, 11) is 1.58. The van der Waals surface area contributed by atoms with E-state index in [9.17, 15) is 22.8 Å². The Labute approximate surface area is 125 Å². The number of nitrogens with one attached hydrogen (secondary N) is 1. The van der Waals surface area contributed by atoms with Gasteiger partial charge in [0.25, 0.3) is 0 Å². The molecule has 0 saturated carbocycles. The van der Waals surface area contributed by atoms with Gasteiger partial charge in [0.2, 0.25) is 11.8 Å². The fourth-order valence-electron chi connectivity index (χ4n) is 2.28. The van der Waals surface area contributed by atoms with Crippen LogP contribution >= 0.6 is 0 Å². The summed E-state index contributed by atoms with van der Waals surface area (Å²) in [6.45, 7) is -3.10. The van der Waals surface area contributed by atoms with Gasteiger partial charge >= 0.3 is 6.61 Å². The monoisotopic (exact) mass is 316 g/mol. The highest BCUT2D eigenvalue weighted by Gasteiger charge is 2.32. The molecule has 1 atom stereocenters. The number of halogens is 3. The first kappa shape index (κ1) is 16.1. The van der Waals surface area contributed by atoms with E-state index < -0.39 is 24.3 Å². The van der Waals surface area contributed by atoms with Gasteiger partial charge < -0.3 is 15.0 Å². The summed E-state index contributed by atoms with van der Waals surface area (Å²) in [4.78, 5) is 24.8. The first-order valence-corrected chi connectivity index (χ1v) is 6.62. The number of amides is 2. The normalized spacial score (nSPS) is 18.0. The smallest absolute Gasteiger partial charge is 0.387 e. The molecule has 1 aliphatic rings. The van der Waals surface area contributed by atoms with Crippen LogP contribution in [0.15, 0.2) is 18.2 Å². The molecule has 1 fully saturated rings. The molecule has 0 aromatic heterocycles. The van der Waals surface area contributed by atoms with Gasteiger partial charge in [-0.3, -0.25) is 9.59 Å². The molecule has 8 heteroatoms. The van der Waals surface area contributed by atoms with Gasteiger partial charge in [0.1, 0.15) is 11.6 Å². The lowest BCUT2D eigenvalue weighted by Crippen LogP contribution is -2.32. The minimum atomic E-state index is -3.09. The lowest BCUT2D eigenvalue weighted by atomic mass is 10.1. The van der Waals surface area contributed by atoms with Gasteiger partial charge in [0.15, 0.2) is 0 Å². The highest BCUT2D eigenvalue weighted by atomic mass is 19.3. The van der Waals surface area contributed by atoms with Crippen LogP contribution < -0.4 is 10.1 Å². The molecule has 0 bridgehead atoms. The Morgan fingerprint density at radius 2 is 2.23 bits per heavy atom. The molecule has 1 N–H and O–H groups in total. The fraction of sp³-hybridized carbons (Fsp3) is 0.429. The third kappa shape index (κ3) is 3.69. The van der Waals surface area contributed by atoms with Gasteiger partial charge in [0.05, 0.1) is 5.92 Å². The Kier molecular flexibility index (Phi) is 4.89. The van der Waals surface area contributed by atoms with E-state index >= 15 is 0 Å². The molecule has 1 aliphatic heterocycles. The van der Waals surface area contributed by atoms with Crippen molar-refractivity contribution in [2.24, 2.45) is 5.92 Å². The molecule has 1 saturated heterocycles. The van der Waals surface area contributed by atoms with Crippen LogP contribution in [-0.2, 0) is 16.1 Å². The Morgan fingerprint density at radius 1 is 1.50 bits per heavy atom. The van der Waals surface area contributed by atoms with Gasteiger partial charge in [-0.15, -0.1) is 0 Å². The highest BCUT2D eigenvalue weighted by Crippen LogP contribution is 2.24. The van der Waals surface area contributed by atoms with E-state index in [1.807, 2.05) is 0 Å². The average molecular weight is 316 g/mol. The number of benzene rings is 1. The number of nitrogens with zero attached hydrogens (tertiary/aromatic N) is 1. The fourth-order valence-corrected chi connectivity index (χ4v) is 2.28. The molecule has 2 rings (SSSR count). The van der Waals surface area contributed by atoms with Crippen LogP contribution in [0, 0.1) is 11.7 Å². The zero-order chi connectivity index (χ0) is 16.3. The van der Waals surface area contributed by atoms with Crippen molar-refractivity contribution in [2.45, 2.75) is 19.6 Å². The van der Waals surface area contributed by atoms with Crippen LogP contribution in [0.25, 0.3) is 0 Å². The number of carbonyl (C=O) groups excluding carboxylic acids is 2. The molecular weight excluding hydrogens is 301 g/mol. The molecule has 22 heavy (non-hydrogen) atoms. The van der Waals surface area contributed by atoms with Crippen LogP contribution in [0.5, 0.6) is 5.75 Å². The SMILES string of the molecule is CN1CC(C(=O)NCc2c(F)cccc2OC(F)F)CC1=O. The van der Waals surface area contributed by atoms with E-state index in [2.05, 4.69) is 10.1 Å². The van der Waals surface area contributed by atoms with E-state index in [0.29, 0.717) is 0 Å². The second-order valence-corrected chi connectivity index (χ2v) is 4.99. The number of carbonyl (C=O) groups is 2. The molecule has 1 aromatic rings. The minimum Gasteiger partial charge on any atom is -0.434 e. The van der Waals surface area contributed by atoms with Gasteiger partial charge in [-0.1, -0.05) is 6.07 Å². The molecule has 0 spiro atoms. The average Bonchev–Trinajstić information content (AvgIpc) is 2.77. The van der Waals surface area contributed by atoms with Gasteiger partial charge in [0, 0.05) is 32.1 Å². The van der Waals surface area contributed by atoms with Crippen LogP contribution in [0.2, 0.25) is 0 Å². The topological polar surface area (TPSA) is 58.6 Å². The van der Waals surface area contributed by atoms with E-state index in [0.717, 1.165) is 6.07 Å². The molecule has 1 aromatic carbocycles. The molecule has 120 valence electrons. The third-order valence-electron chi connectivity index (χ3n) is 3.44. The maximum atomic E-state index is 13.7. The minimum absolute atomic E-state index is 0.0833. The van der Waals surface area contributed by atoms with Gasteiger partial charge in [-0.05, 0) is 12.1 Å². The third-order valence-corrected chi connectivity index (χ3v) is 3.44. The quantitative estimate of drug-likeness (QED) is 0.896. The first-order chi connectivity index (χ1) is 10.4. The largest absolute Gasteiger partial charge is 0.434 e. The number of likely N-dealkylation sites (tertiary alicyclic amines) is 1. The van der Waals surface area contributed by atoms with Crippen LogP contribution in [0.1, 0.15) is 12.0 Å². The van der Waals surface area contributed by atoms with Gasteiger partial charge in [-0.2, -0.15) is 8.78 Å². The van der Waals surface area contributed by atoms with Crippen LogP contribution in [-0.4, -0.2) is 36.9 Å². The number of ether oxygens (including phenoxy) is 1. The second-order valence-electron chi connectivity index (χ2n) is 4.99. The maximum absolute atomic E-state index is 13.7. The summed E-state index contributed by atoms with van der Waals surface area (Å²) in [6, 6.07) is 3.53. The summed E-state index contributed by atoms with van der Waals surface area (Å²) in [5, 5.41) is 2.45. The number of rotatable bonds is 5. The lowest BCUT2D eigenvalue weighted by molar-refractivity contribution is -0.128. The number of hydrogen-bond donors (Lipinski definition) is 1. The summed E-state index contributed by atoms with van der Waals surface area (Å²) < 4.78 is 42.5. The molecule has 5 nitrogen and oxygen atoms in total. The predicted octanol–water partition coefficient (Wildman–Crippen LogP) is 1.52. The Hall–Kier alpha value is -2.25. The summed E-state index contributed by atoms with van der Waals surface area (Å²) in [5.74, 6) is -2.17. The molecule has 2 amide bonds. The van der Waals surface area contributed by atoms with Crippen LogP contribution in [0.4, 0.5) is 13.2 Å². The van der Waals surface area contributed by atoms with Crippen molar-refractivity contribution in [3.05, 3.63) is 29.6 Å². The summed E-state index contributed by atoms with van der Waals surface area (Å²) in [5.41, 5.74) is -0.158. The molecule has 0 aliphatic carbocycles. The molecule has 0 radical (unpaired) electrons. The number of alkyl halides is 2. The van der Waals surface area contributed by atoms with Crippen molar-refractivity contribution >= 4 is 11.8 Å². The number of hydrogen-bond acceptors (Lipinski definition) is 3. The Morgan fingerprint density at radius 3 is 2.82 bits per heavy atom. The standard InChI is InChI=1S/C14H15F3N2O3/c1-19-7-8(5-12(19)20)13(21)18-6-9-10(15)3-2-4-11(9)22-14(16)17/h2-4,8,14H,5-7H2,1H3,(H,18,21). The van der Waals surface area contributed by atoms with Crippen LogP contribution in [0.3, 0.4) is 0 Å². The zero-order valence-corrected chi connectivity index (χ0v) is 11.8. The predicted molar refractivity (Wildman–Crippen MR) is 70.6 cm³/mol. The Bertz CT molecular complexity index is 580. The van der Waals surface area contributed by atoms with Crippen molar-refractivity contribution in [2.75, 3.05) is 13.6 Å². The lowest BCUT2D eigenvalue weighted by Gasteiger charge is -2.14. The van der Waals surface area contributed by atoms with E-state index in [-0.39, 0.29) is 36.7 Å². The van der Waals surface area contributed by atoms with Crippen molar-refractivity contribution in [3.63, 3.8) is 0 Å². The van der Waals surface area contributed by atoms with Crippen molar-refractivity contribution < 1.29 is 27.5 Å². The zero-order valence-electron chi connectivity index (χ0n) is 11.8. The Balaban J connectivity index is 2.02. The summed E-state index contributed by atoms with van der Waals surface area (Å²) >= 11 is 0. The molecule has 1 heterocycles. The van der Waals surface area contributed by atoms with E-state index in [1.165, 1.54) is 17.0 Å². The van der Waals surface area contributed by atoms with Crippen molar-refractivity contribution in [1.82, 2.24) is 10.2 Å². The van der Waals surface area contributed by atoms with Crippen molar-refractivity contribution in [1.29, 1.82) is 0 Å². The molecular formula is C14H15F3N2O3.